The van der Waals surface area contributed by atoms with Gasteiger partial charge in [-0.05, 0) is 50.6 Å². The number of hydrogen-bond donors (Lipinski definition) is 3. The molecule has 2 unspecified atom stereocenters. The number of aromatic nitrogens is 2. The van der Waals surface area contributed by atoms with Crippen molar-refractivity contribution in [2.75, 3.05) is 12.8 Å². The number of fused-ring (bicyclic) bond motifs is 1. The van der Waals surface area contributed by atoms with Gasteiger partial charge in [-0.3, -0.25) is 0 Å². The van der Waals surface area contributed by atoms with Crippen LogP contribution in [-0.4, -0.2) is 34.0 Å². The minimum Gasteiger partial charge on any atom is -0.496 e. The molecule has 162 valence electrons. The Morgan fingerprint density at radius 3 is 2.50 bits per heavy atom. The second kappa shape index (κ2) is 7.46. The van der Waals surface area contributed by atoms with E-state index in [0.717, 1.165) is 30.5 Å². The first-order valence-corrected chi connectivity index (χ1v) is 9.21. The first-order valence-electron chi connectivity index (χ1n) is 9.21. The van der Waals surface area contributed by atoms with Crippen molar-refractivity contribution in [1.82, 2.24) is 9.97 Å². The standard InChI is InChI=1S/C21H23F4N3O2/c1-19(29,9-14-6-12-7-18(26)27-10-16(12)28-14)11-20(2,21(23,24)25)15-8-13(22)4-5-17(15)30-3/h4-8,10,28-29H,9,11H2,1-3H3,(H2,26,27). The minimum atomic E-state index is -4.77. The number of benzene rings is 1. The Balaban J connectivity index is 1.98. The Bertz CT molecular complexity index is 1060. The van der Waals surface area contributed by atoms with E-state index in [-0.39, 0.29) is 17.7 Å². The monoisotopic (exact) mass is 425 g/mol. The van der Waals surface area contributed by atoms with Crippen LogP contribution in [0.4, 0.5) is 23.4 Å². The van der Waals surface area contributed by atoms with Crippen molar-refractivity contribution < 1.29 is 27.4 Å². The molecule has 30 heavy (non-hydrogen) atoms. The molecular weight excluding hydrogens is 402 g/mol. The lowest BCUT2D eigenvalue weighted by Gasteiger charge is -2.39. The van der Waals surface area contributed by atoms with Gasteiger partial charge in [-0.15, -0.1) is 0 Å². The molecule has 1 aromatic carbocycles. The number of pyridine rings is 1. The van der Waals surface area contributed by atoms with E-state index in [1.165, 1.54) is 20.2 Å². The molecule has 0 bridgehead atoms. The lowest BCUT2D eigenvalue weighted by Crippen LogP contribution is -2.47. The highest BCUT2D eigenvalue weighted by Gasteiger charge is 2.56. The average molecular weight is 425 g/mol. The summed E-state index contributed by atoms with van der Waals surface area (Å²) in [6.45, 7) is 2.26. The van der Waals surface area contributed by atoms with E-state index in [0.29, 0.717) is 17.0 Å². The zero-order valence-electron chi connectivity index (χ0n) is 16.8. The van der Waals surface area contributed by atoms with Crippen molar-refractivity contribution >= 4 is 16.7 Å². The van der Waals surface area contributed by atoms with Gasteiger partial charge in [0.1, 0.15) is 17.4 Å². The molecule has 3 rings (SSSR count). The zero-order chi connectivity index (χ0) is 22.3. The second-order valence-electron chi connectivity index (χ2n) is 8.02. The molecule has 0 amide bonds. The van der Waals surface area contributed by atoms with Gasteiger partial charge in [-0.2, -0.15) is 13.2 Å². The van der Waals surface area contributed by atoms with Crippen molar-refractivity contribution in [3.05, 3.63) is 53.6 Å². The molecule has 0 radical (unpaired) electrons. The predicted octanol–water partition coefficient (Wildman–Crippen LogP) is 4.50. The molecular formula is C21H23F4N3O2. The number of methoxy groups -OCH3 is 1. The van der Waals surface area contributed by atoms with E-state index in [1.54, 1.807) is 12.1 Å². The number of nitrogens with two attached hydrogens (primary N) is 1. The van der Waals surface area contributed by atoms with Gasteiger partial charge in [0, 0.05) is 23.1 Å². The first kappa shape index (κ1) is 21.9. The van der Waals surface area contributed by atoms with E-state index in [2.05, 4.69) is 9.97 Å². The van der Waals surface area contributed by atoms with Crippen LogP contribution in [-0.2, 0) is 11.8 Å². The smallest absolute Gasteiger partial charge is 0.398 e. The van der Waals surface area contributed by atoms with E-state index < -0.39 is 29.4 Å². The number of hydrogen-bond acceptors (Lipinski definition) is 4. The highest BCUT2D eigenvalue weighted by atomic mass is 19.4. The maximum atomic E-state index is 14.2. The number of alkyl halides is 3. The number of aromatic amines is 1. The maximum Gasteiger partial charge on any atom is 0.398 e. The van der Waals surface area contributed by atoms with Gasteiger partial charge >= 0.3 is 6.18 Å². The summed E-state index contributed by atoms with van der Waals surface area (Å²) in [5, 5.41) is 11.7. The maximum absolute atomic E-state index is 14.2. The van der Waals surface area contributed by atoms with Crippen LogP contribution in [0.5, 0.6) is 5.75 Å². The summed E-state index contributed by atoms with van der Waals surface area (Å²) < 4.78 is 61.5. The number of H-pyrrole nitrogens is 1. The molecule has 0 aliphatic heterocycles. The Labute approximate surface area is 170 Å². The fourth-order valence-corrected chi connectivity index (χ4v) is 3.90. The number of nitrogens with one attached hydrogen (secondary N) is 1. The van der Waals surface area contributed by atoms with Crippen molar-refractivity contribution in [3.8, 4) is 5.75 Å². The number of nitrogens with zero attached hydrogens (tertiary/aromatic N) is 1. The topological polar surface area (TPSA) is 84.2 Å². The number of ether oxygens (including phenoxy) is 1. The number of anilines is 1. The summed E-state index contributed by atoms with van der Waals surface area (Å²) in [5.41, 5.74) is 2.13. The third-order valence-corrected chi connectivity index (χ3v) is 5.27. The van der Waals surface area contributed by atoms with Crippen molar-refractivity contribution in [2.45, 2.75) is 43.9 Å². The van der Waals surface area contributed by atoms with E-state index >= 15 is 0 Å². The van der Waals surface area contributed by atoms with Gasteiger partial charge in [-0.25, -0.2) is 9.37 Å². The third kappa shape index (κ3) is 4.21. The Morgan fingerprint density at radius 2 is 1.87 bits per heavy atom. The molecule has 0 aliphatic carbocycles. The first-order chi connectivity index (χ1) is 13.8. The number of aliphatic hydroxyl groups is 1. The summed E-state index contributed by atoms with van der Waals surface area (Å²) in [7, 11) is 1.22. The van der Waals surface area contributed by atoms with Crippen LogP contribution in [0.15, 0.2) is 36.5 Å². The van der Waals surface area contributed by atoms with Crippen LogP contribution in [0.2, 0.25) is 0 Å². The lowest BCUT2D eigenvalue weighted by molar-refractivity contribution is -0.200. The average Bonchev–Trinajstić information content (AvgIpc) is 3.00. The predicted molar refractivity (Wildman–Crippen MR) is 106 cm³/mol. The van der Waals surface area contributed by atoms with E-state index in [9.17, 15) is 22.7 Å². The molecule has 0 spiro atoms. The van der Waals surface area contributed by atoms with Crippen LogP contribution < -0.4 is 10.5 Å². The fraction of sp³-hybridized carbons (Fsp3) is 0.381. The summed E-state index contributed by atoms with van der Waals surface area (Å²) in [4.78, 5) is 6.99. The normalized spacial score (nSPS) is 16.3. The minimum absolute atomic E-state index is 0.0924. The number of rotatable bonds is 6. The zero-order valence-corrected chi connectivity index (χ0v) is 16.8. The van der Waals surface area contributed by atoms with Gasteiger partial charge < -0.3 is 20.6 Å². The Kier molecular flexibility index (Phi) is 5.44. The van der Waals surface area contributed by atoms with Crippen LogP contribution in [0, 0.1) is 5.82 Å². The molecule has 0 saturated heterocycles. The van der Waals surface area contributed by atoms with Gasteiger partial charge in [-0.1, -0.05) is 0 Å². The van der Waals surface area contributed by atoms with E-state index in [1.807, 2.05) is 0 Å². The summed E-state index contributed by atoms with van der Waals surface area (Å²) >= 11 is 0. The van der Waals surface area contributed by atoms with Crippen LogP contribution in [0.25, 0.3) is 10.9 Å². The molecule has 2 heterocycles. The number of nitrogen functional groups attached to an aromatic ring is 1. The molecule has 3 aromatic rings. The van der Waals surface area contributed by atoms with Gasteiger partial charge in [0.15, 0.2) is 0 Å². The summed E-state index contributed by atoms with van der Waals surface area (Å²) in [6, 6.07) is 6.32. The quantitative estimate of drug-likeness (QED) is 0.508. The number of halogens is 4. The molecule has 5 nitrogen and oxygen atoms in total. The van der Waals surface area contributed by atoms with Crippen LogP contribution in [0.3, 0.4) is 0 Å². The molecule has 9 heteroatoms. The molecule has 4 N–H and O–H groups in total. The fourth-order valence-electron chi connectivity index (χ4n) is 3.90. The Hall–Kier alpha value is -2.81. The van der Waals surface area contributed by atoms with Crippen LogP contribution in [0.1, 0.15) is 31.5 Å². The largest absolute Gasteiger partial charge is 0.496 e. The molecule has 2 aromatic heterocycles. The van der Waals surface area contributed by atoms with Gasteiger partial charge in [0.05, 0.1) is 29.8 Å². The molecule has 0 aliphatic rings. The summed E-state index contributed by atoms with van der Waals surface area (Å²) in [6.07, 6.45) is -4.05. The van der Waals surface area contributed by atoms with Crippen molar-refractivity contribution in [3.63, 3.8) is 0 Å². The van der Waals surface area contributed by atoms with Gasteiger partial charge in [0.2, 0.25) is 0 Å². The second-order valence-corrected chi connectivity index (χ2v) is 8.02. The third-order valence-electron chi connectivity index (χ3n) is 5.27. The molecule has 0 saturated carbocycles. The van der Waals surface area contributed by atoms with Gasteiger partial charge in [0.25, 0.3) is 0 Å². The van der Waals surface area contributed by atoms with Crippen molar-refractivity contribution in [1.29, 1.82) is 0 Å². The van der Waals surface area contributed by atoms with E-state index in [4.69, 9.17) is 10.5 Å². The molecule has 0 fully saturated rings. The Morgan fingerprint density at radius 1 is 1.17 bits per heavy atom. The SMILES string of the molecule is COc1ccc(F)cc1C(C)(CC(C)(O)Cc1cc2cc(N)ncc2[nH]1)C(F)(F)F. The van der Waals surface area contributed by atoms with Crippen molar-refractivity contribution in [2.24, 2.45) is 0 Å². The lowest BCUT2D eigenvalue weighted by atomic mass is 9.72. The van der Waals surface area contributed by atoms with Crippen LogP contribution >= 0.6 is 0 Å². The highest BCUT2D eigenvalue weighted by molar-refractivity contribution is 5.81. The molecule has 2 atom stereocenters. The summed E-state index contributed by atoms with van der Waals surface area (Å²) in [5.74, 6) is -0.608. The highest BCUT2D eigenvalue weighted by Crippen LogP contribution is 2.49.